The van der Waals surface area contributed by atoms with Gasteiger partial charge in [-0.15, -0.1) is 0 Å². The molecule has 80 valence electrons. The first-order chi connectivity index (χ1) is 7.07. The largest absolute Gasteiger partial charge is 0.207 e. The smallest absolute Gasteiger partial charge is 0.123 e. The van der Waals surface area contributed by atoms with Crippen molar-refractivity contribution in [2.45, 2.75) is 33.1 Å². The second-order valence-electron chi connectivity index (χ2n) is 5.02. The van der Waals surface area contributed by atoms with Crippen molar-refractivity contribution in [3.63, 3.8) is 0 Å². The minimum absolute atomic E-state index is 0.158. The monoisotopic (exact) mass is 204 g/mol. The summed E-state index contributed by atoms with van der Waals surface area (Å²) in [4.78, 5) is 0. The van der Waals surface area contributed by atoms with Crippen LogP contribution in [0.4, 0.5) is 4.39 Å². The third-order valence-corrected chi connectivity index (χ3v) is 3.05. The Morgan fingerprint density at radius 3 is 2.40 bits per heavy atom. The molecule has 0 radical (unpaired) electrons. The topological polar surface area (TPSA) is 0 Å². The molecule has 0 atom stereocenters. The number of hydrogen-bond acceptors (Lipinski definition) is 0. The molecular formula is C14H17F. The number of halogens is 1. The lowest BCUT2D eigenvalue weighted by Gasteiger charge is -2.27. The molecule has 0 fully saturated rings. The maximum absolute atomic E-state index is 12.8. The van der Waals surface area contributed by atoms with Gasteiger partial charge in [-0.1, -0.05) is 32.1 Å². The van der Waals surface area contributed by atoms with E-state index < -0.39 is 0 Å². The van der Waals surface area contributed by atoms with Crippen molar-refractivity contribution in [1.82, 2.24) is 0 Å². The fourth-order valence-corrected chi connectivity index (χ4v) is 2.24. The molecule has 0 aromatic heterocycles. The zero-order chi connectivity index (χ0) is 10.9. The van der Waals surface area contributed by atoms with Crippen LogP contribution in [0.15, 0.2) is 30.3 Å². The van der Waals surface area contributed by atoms with E-state index in [2.05, 4.69) is 19.9 Å². The van der Waals surface area contributed by atoms with Crippen LogP contribution in [-0.2, 0) is 0 Å². The molecule has 1 heteroatoms. The van der Waals surface area contributed by atoms with Crippen LogP contribution in [-0.4, -0.2) is 0 Å². The highest BCUT2D eigenvalue weighted by Crippen LogP contribution is 2.37. The number of hydrogen-bond donors (Lipinski definition) is 0. The summed E-state index contributed by atoms with van der Waals surface area (Å²) in [6.45, 7) is 4.52. The summed E-state index contributed by atoms with van der Waals surface area (Å²) in [7, 11) is 0. The predicted molar refractivity (Wildman–Crippen MR) is 62.0 cm³/mol. The van der Waals surface area contributed by atoms with E-state index in [-0.39, 0.29) is 5.82 Å². The number of benzene rings is 1. The fourth-order valence-electron chi connectivity index (χ4n) is 2.24. The normalized spacial score (nSPS) is 19.8. The third-order valence-electron chi connectivity index (χ3n) is 3.05. The van der Waals surface area contributed by atoms with Crippen molar-refractivity contribution in [2.75, 3.05) is 0 Å². The molecule has 0 heterocycles. The second-order valence-corrected chi connectivity index (χ2v) is 5.02. The molecule has 0 bridgehead atoms. The lowest BCUT2D eigenvalue weighted by atomic mass is 9.78. The van der Waals surface area contributed by atoms with Gasteiger partial charge in [0, 0.05) is 0 Å². The molecule has 2 rings (SSSR count). The second kappa shape index (κ2) is 3.80. The van der Waals surface area contributed by atoms with Crippen molar-refractivity contribution in [3.05, 3.63) is 41.7 Å². The summed E-state index contributed by atoms with van der Waals surface area (Å²) in [5.74, 6) is -0.158. The first-order valence-corrected chi connectivity index (χ1v) is 5.54. The maximum atomic E-state index is 12.8. The van der Waals surface area contributed by atoms with Gasteiger partial charge < -0.3 is 0 Å². The quantitative estimate of drug-likeness (QED) is 0.635. The first-order valence-electron chi connectivity index (χ1n) is 5.54. The van der Waals surface area contributed by atoms with E-state index in [0.717, 1.165) is 6.42 Å². The maximum Gasteiger partial charge on any atom is 0.123 e. The van der Waals surface area contributed by atoms with Crippen LogP contribution in [0.3, 0.4) is 0 Å². The van der Waals surface area contributed by atoms with Gasteiger partial charge in [-0.05, 0) is 47.9 Å². The number of rotatable bonds is 1. The lowest BCUT2D eigenvalue weighted by Crippen LogP contribution is -2.12. The predicted octanol–water partition coefficient (Wildman–Crippen LogP) is 4.42. The summed E-state index contributed by atoms with van der Waals surface area (Å²) in [5, 5.41) is 0. The molecular weight excluding hydrogens is 187 g/mol. The van der Waals surface area contributed by atoms with Crippen molar-refractivity contribution in [3.8, 4) is 0 Å². The summed E-state index contributed by atoms with van der Waals surface area (Å²) in [6.07, 6.45) is 5.94. The highest BCUT2D eigenvalue weighted by Gasteiger charge is 2.20. The Kier molecular flexibility index (Phi) is 2.64. The molecule has 1 aliphatic carbocycles. The van der Waals surface area contributed by atoms with Gasteiger partial charge in [-0.2, -0.15) is 0 Å². The van der Waals surface area contributed by atoms with Gasteiger partial charge in [-0.3, -0.25) is 0 Å². The molecule has 0 saturated heterocycles. The SMILES string of the molecule is CC1(C)C=C(c2ccc(F)cc2)CCC1. The molecule has 1 aliphatic rings. The van der Waals surface area contributed by atoms with Gasteiger partial charge >= 0.3 is 0 Å². The van der Waals surface area contributed by atoms with Crippen LogP contribution in [0.1, 0.15) is 38.7 Å². The molecule has 0 N–H and O–H groups in total. The Morgan fingerprint density at radius 2 is 1.80 bits per heavy atom. The van der Waals surface area contributed by atoms with E-state index in [1.54, 1.807) is 0 Å². The molecule has 1 aromatic carbocycles. The summed E-state index contributed by atoms with van der Waals surface area (Å²) in [5.41, 5.74) is 2.83. The Hall–Kier alpha value is -1.11. The lowest BCUT2D eigenvalue weighted by molar-refractivity contribution is 0.410. The molecule has 0 unspecified atom stereocenters. The van der Waals surface area contributed by atoms with E-state index in [0.29, 0.717) is 5.41 Å². The Balaban J connectivity index is 2.31. The van der Waals surface area contributed by atoms with Gasteiger partial charge in [-0.25, -0.2) is 4.39 Å². The molecule has 0 amide bonds. The minimum atomic E-state index is -0.158. The molecule has 1 aromatic rings. The Morgan fingerprint density at radius 1 is 1.13 bits per heavy atom. The van der Waals surface area contributed by atoms with Gasteiger partial charge in [0.05, 0.1) is 0 Å². The number of allylic oxidation sites excluding steroid dienone is 2. The van der Waals surface area contributed by atoms with Gasteiger partial charge in [0.15, 0.2) is 0 Å². The highest BCUT2D eigenvalue weighted by molar-refractivity contribution is 5.66. The highest BCUT2D eigenvalue weighted by atomic mass is 19.1. The van der Waals surface area contributed by atoms with Crippen molar-refractivity contribution in [1.29, 1.82) is 0 Å². The van der Waals surface area contributed by atoms with Crippen molar-refractivity contribution < 1.29 is 4.39 Å². The average Bonchev–Trinajstić information content (AvgIpc) is 2.17. The fraction of sp³-hybridized carbons (Fsp3) is 0.429. The van der Waals surface area contributed by atoms with E-state index in [1.807, 2.05) is 12.1 Å². The van der Waals surface area contributed by atoms with Gasteiger partial charge in [0.25, 0.3) is 0 Å². The minimum Gasteiger partial charge on any atom is -0.207 e. The van der Waals surface area contributed by atoms with Crippen LogP contribution in [0.25, 0.3) is 5.57 Å². The Labute approximate surface area is 90.8 Å². The zero-order valence-electron chi connectivity index (χ0n) is 9.39. The molecule has 15 heavy (non-hydrogen) atoms. The molecule has 0 nitrogen and oxygen atoms in total. The van der Waals surface area contributed by atoms with Crippen molar-refractivity contribution in [2.24, 2.45) is 5.41 Å². The van der Waals surface area contributed by atoms with E-state index in [4.69, 9.17) is 0 Å². The average molecular weight is 204 g/mol. The van der Waals surface area contributed by atoms with E-state index in [9.17, 15) is 4.39 Å². The van der Waals surface area contributed by atoms with Crippen LogP contribution >= 0.6 is 0 Å². The molecule has 0 aliphatic heterocycles. The summed E-state index contributed by atoms with van der Waals surface area (Å²) >= 11 is 0. The Bertz CT molecular complexity index is 371. The van der Waals surface area contributed by atoms with Crippen LogP contribution < -0.4 is 0 Å². The third kappa shape index (κ3) is 2.47. The first kappa shape index (κ1) is 10.4. The zero-order valence-corrected chi connectivity index (χ0v) is 9.39. The van der Waals surface area contributed by atoms with Crippen LogP contribution in [0.5, 0.6) is 0 Å². The van der Waals surface area contributed by atoms with Gasteiger partial charge in [0.2, 0.25) is 0 Å². The summed E-state index contributed by atoms with van der Waals surface area (Å²) < 4.78 is 12.8. The molecule has 0 saturated carbocycles. The van der Waals surface area contributed by atoms with E-state index in [1.165, 1.54) is 36.1 Å². The van der Waals surface area contributed by atoms with E-state index >= 15 is 0 Å². The van der Waals surface area contributed by atoms with Crippen LogP contribution in [0, 0.1) is 11.2 Å². The summed E-state index contributed by atoms with van der Waals surface area (Å²) in [6, 6.07) is 6.83. The van der Waals surface area contributed by atoms with Gasteiger partial charge in [0.1, 0.15) is 5.82 Å². The molecule has 0 spiro atoms. The van der Waals surface area contributed by atoms with Crippen LogP contribution in [0.2, 0.25) is 0 Å². The van der Waals surface area contributed by atoms with Crippen molar-refractivity contribution >= 4 is 5.57 Å². The standard InChI is InChI=1S/C14H17F/c1-14(2)9-3-4-12(10-14)11-5-7-13(15)8-6-11/h5-8,10H,3-4,9H2,1-2H3.